The highest BCUT2D eigenvalue weighted by atomic mass is 35.5. The molecule has 0 bridgehead atoms. The Hall–Kier alpha value is -2.61. The Morgan fingerprint density at radius 3 is 2.59 bits per heavy atom. The molecule has 1 aliphatic heterocycles. The fourth-order valence-corrected chi connectivity index (χ4v) is 6.11. The molecule has 2 aliphatic carbocycles. The number of ether oxygens (including phenoxy) is 1. The monoisotopic (exact) mass is 445 g/mol. The molecule has 1 unspecified atom stereocenters. The highest BCUT2D eigenvalue weighted by Crippen LogP contribution is 2.62. The summed E-state index contributed by atoms with van der Waals surface area (Å²) in [6, 6.07) is 12.6. The molecule has 1 fully saturated rings. The summed E-state index contributed by atoms with van der Waals surface area (Å²) in [5, 5.41) is 0.679. The summed E-state index contributed by atoms with van der Waals surface area (Å²) in [6.07, 6.45) is 5.35. The minimum Gasteiger partial charge on any atom is -0.382 e. The second-order valence-electron chi connectivity index (χ2n) is 9.17. The molecule has 4 nitrogen and oxygen atoms in total. The zero-order valence-corrected chi connectivity index (χ0v) is 19.6. The van der Waals surface area contributed by atoms with Gasteiger partial charge in [-0.1, -0.05) is 41.8 Å². The molecule has 2 spiro atoms. The van der Waals surface area contributed by atoms with Crippen LogP contribution < -0.4 is 5.73 Å². The quantitative estimate of drug-likeness (QED) is 0.621. The van der Waals surface area contributed by atoms with Gasteiger partial charge >= 0.3 is 0 Å². The number of amidine groups is 1. The lowest BCUT2D eigenvalue weighted by Crippen LogP contribution is -2.43. The van der Waals surface area contributed by atoms with Gasteiger partial charge in [0.15, 0.2) is 5.66 Å². The first-order valence-corrected chi connectivity index (χ1v) is 11.6. The van der Waals surface area contributed by atoms with E-state index >= 15 is 0 Å². The SMILES string of the molecule is CC#Cc1cccc(-c2ccc3c(c2)C2(N=C(C)C(N)=N2)C2(CCC(OC)CC2)C3)c1Cl. The van der Waals surface area contributed by atoms with E-state index in [1.54, 1.807) is 0 Å². The van der Waals surface area contributed by atoms with Gasteiger partial charge in [-0.25, -0.2) is 4.99 Å². The summed E-state index contributed by atoms with van der Waals surface area (Å²) >= 11 is 6.75. The highest BCUT2D eigenvalue weighted by Gasteiger charge is 2.60. The first-order chi connectivity index (χ1) is 15.4. The zero-order chi connectivity index (χ0) is 22.5. The van der Waals surface area contributed by atoms with Crippen LogP contribution in [-0.4, -0.2) is 24.8 Å². The smallest absolute Gasteiger partial charge is 0.184 e. The number of halogens is 1. The van der Waals surface area contributed by atoms with Crippen molar-refractivity contribution in [1.29, 1.82) is 0 Å². The van der Waals surface area contributed by atoms with Crippen LogP contribution in [0.3, 0.4) is 0 Å². The van der Waals surface area contributed by atoms with Crippen LogP contribution in [0.25, 0.3) is 11.1 Å². The first kappa shape index (κ1) is 21.2. The summed E-state index contributed by atoms with van der Waals surface area (Å²) in [5.74, 6) is 6.60. The van der Waals surface area contributed by atoms with Crippen molar-refractivity contribution in [2.45, 2.75) is 57.7 Å². The van der Waals surface area contributed by atoms with Gasteiger partial charge in [-0.2, -0.15) is 0 Å². The first-order valence-electron chi connectivity index (χ1n) is 11.2. The second-order valence-corrected chi connectivity index (χ2v) is 9.55. The summed E-state index contributed by atoms with van der Waals surface area (Å²) in [7, 11) is 1.81. The third-order valence-corrected chi connectivity index (χ3v) is 7.94. The topological polar surface area (TPSA) is 60.0 Å². The predicted molar refractivity (Wildman–Crippen MR) is 131 cm³/mol. The van der Waals surface area contributed by atoms with Crippen molar-refractivity contribution in [3.63, 3.8) is 0 Å². The number of methoxy groups -OCH3 is 1. The molecule has 5 rings (SSSR count). The zero-order valence-electron chi connectivity index (χ0n) is 18.8. The van der Waals surface area contributed by atoms with Gasteiger partial charge in [0, 0.05) is 29.2 Å². The van der Waals surface area contributed by atoms with E-state index in [0.29, 0.717) is 17.0 Å². The average molecular weight is 446 g/mol. The van der Waals surface area contributed by atoms with E-state index in [9.17, 15) is 0 Å². The standard InChI is InChI=1S/C27H28ClN3O/c1-4-6-18-7-5-8-22(24(18)28)19-9-10-20-16-26(13-11-21(32-3)12-14-26)27(23(20)15-19)30-17(2)25(29)31-27/h5,7-10,15,21H,11-14,16H2,1-3H3,(H2,29,31). The van der Waals surface area contributed by atoms with Gasteiger partial charge in [0.2, 0.25) is 0 Å². The summed E-state index contributed by atoms with van der Waals surface area (Å²) in [5.41, 5.74) is 11.8. The Kier molecular flexibility index (Phi) is 5.15. The Balaban J connectivity index is 1.66. The van der Waals surface area contributed by atoms with Crippen molar-refractivity contribution in [2.24, 2.45) is 21.1 Å². The molecule has 0 radical (unpaired) electrons. The van der Waals surface area contributed by atoms with Crippen LogP contribution in [0.1, 0.15) is 56.2 Å². The molecule has 5 heteroatoms. The number of nitrogens with two attached hydrogens (primary N) is 1. The molecule has 0 saturated heterocycles. The maximum Gasteiger partial charge on any atom is 0.184 e. The molecule has 2 aromatic rings. The Morgan fingerprint density at radius 1 is 1.16 bits per heavy atom. The molecule has 2 N–H and O–H groups in total. The molecule has 2 aromatic carbocycles. The summed E-state index contributed by atoms with van der Waals surface area (Å²) in [6.45, 7) is 3.79. The van der Waals surface area contributed by atoms with Crippen molar-refractivity contribution in [3.8, 4) is 23.0 Å². The van der Waals surface area contributed by atoms with Gasteiger partial charge in [-0.15, -0.1) is 5.92 Å². The van der Waals surface area contributed by atoms with E-state index in [0.717, 1.165) is 60.1 Å². The van der Waals surface area contributed by atoms with Crippen molar-refractivity contribution in [3.05, 3.63) is 58.1 Å². The van der Waals surface area contributed by atoms with Gasteiger partial charge in [0.05, 0.1) is 16.8 Å². The summed E-state index contributed by atoms with van der Waals surface area (Å²) < 4.78 is 5.66. The fourth-order valence-electron chi connectivity index (χ4n) is 5.83. The van der Waals surface area contributed by atoms with Gasteiger partial charge in [-0.05, 0) is 69.2 Å². The van der Waals surface area contributed by atoms with Crippen LogP contribution in [0.15, 0.2) is 46.4 Å². The molecular weight excluding hydrogens is 418 g/mol. The van der Waals surface area contributed by atoms with Gasteiger partial charge in [0.25, 0.3) is 0 Å². The number of benzene rings is 2. The van der Waals surface area contributed by atoms with E-state index in [1.165, 1.54) is 5.56 Å². The van der Waals surface area contributed by atoms with Crippen LogP contribution in [0.2, 0.25) is 5.02 Å². The van der Waals surface area contributed by atoms with Crippen molar-refractivity contribution in [2.75, 3.05) is 7.11 Å². The summed E-state index contributed by atoms with van der Waals surface area (Å²) in [4.78, 5) is 10.2. The van der Waals surface area contributed by atoms with Crippen LogP contribution in [0.4, 0.5) is 0 Å². The molecule has 1 atom stereocenters. The third kappa shape index (κ3) is 3.03. The van der Waals surface area contributed by atoms with E-state index in [2.05, 4.69) is 30.0 Å². The van der Waals surface area contributed by atoms with E-state index in [4.69, 9.17) is 32.1 Å². The molecule has 0 aromatic heterocycles. The second kappa shape index (κ2) is 7.76. The van der Waals surface area contributed by atoms with Gasteiger partial charge in [-0.3, -0.25) is 4.99 Å². The number of nitrogens with zero attached hydrogens (tertiary/aromatic N) is 2. The lowest BCUT2D eigenvalue weighted by molar-refractivity contribution is -0.000372. The van der Waals surface area contributed by atoms with Crippen LogP contribution in [-0.2, 0) is 16.8 Å². The molecule has 1 heterocycles. The Bertz CT molecular complexity index is 1190. The van der Waals surface area contributed by atoms with Gasteiger partial charge < -0.3 is 10.5 Å². The lowest BCUT2D eigenvalue weighted by Gasteiger charge is -2.44. The minimum absolute atomic E-state index is 0.0648. The largest absolute Gasteiger partial charge is 0.382 e. The number of hydrogen-bond donors (Lipinski definition) is 1. The van der Waals surface area contributed by atoms with E-state index in [1.807, 2.05) is 39.2 Å². The predicted octanol–water partition coefficient (Wildman–Crippen LogP) is 5.49. The van der Waals surface area contributed by atoms with Crippen LogP contribution in [0, 0.1) is 17.3 Å². The number of aliphatic imine (C=N–C) groups is 2. The average Bonchev–Trinajstić information content (AvgIpc) is 3.23. The van der Waals surface area contributed by atoms with Crippen molar-refractivity contribution in [1.82, 2.24) is 0 Å². The van der Waals surface area contributed by atoms with Crippen molar-refractivity contribution >= 4 is 23.1 Å². The van der Waals surface area contributed by atoms with E-state index in [-0.39, 0.29) is 5.41 Å². The molecule has 32 heavy (non-hydrogen) atoms. The molecule has 164 valence electrons. The highest BCUT2D eigenvalue weighted by molar-refractivity contribution is 6.41. The molecular formula is C27H28ClN3O. The van der Waals surface area contributed by atoms with E-state index < -0.39 is 5.66 Å². The number of hydrogen-bond acceptors (Lipinski definition) is 4. The van der Waals surface area contributed by atoms with Crippen LogP contribution in [0.5, 0.6) is 0 Å². The van der Waals surface area contributed by atoms with Crippen LogP contribution >= 0.6 is 11.6 Å². The number of fused-ring (bicyclic) bond motifs is 3. The van der Waals surface area contributed by atoms with Crippen molar-refractivity contribution < 1.29 is 4.74 Å². The maximum absolute atomic E-state index is 6.75. The maximum atomic E-state index is 6.75. The molecule has 3 aliphatic rings. The lowest BCUT2D eigenvalue weighted by atomic mass is 9.65. The fraction of sp³-hybridized carbons (Fsp3) is 0.407. The third-order valence-electron chi connectivity index (χ3n) is 7.53. The molecule has 1 saturated carbocycles. The Labute approximate surface area is 194 Å². The number of rotatable bonds is 2. The normalized spacial score (nSPS) is 28.3. The van der Waals surface area contributed by atoms with Gasteiger partial charge in [0.1, 0.15) is 5.84 Å². The molecule has 0 amide bonds. The Morgan fingerprint density at radius 2 is 1.94 bits per heavy atom. The minimum atomic E-state index is -0.654.